The van der Waals surface area contributed by atoms with Crippen LogP contribution < -0.4 is 0 Å². The Balaban J connectivity index is 2.49. The molecule has 0 saturated carbocycles. The summed E-state index contributed by atoms with van der Waals surface area (Å²) < 4.78 is 12.8. The lowest BCUT2D eigenvalue weighted by Gasteiger charge is -1.97. The molecule has 2 rings (SSSR count). The molecular weight excluding hydrogens is 193 g/mol. The molecule has 0 amide bonds. The third-order valence-electron chi connectivity index (χ3n) is 1.61. The fourth-order valence-electron chi connectivity index (χ4n) is 0.988. The van der Waals surface area contributed by atoms with Gasteiger partial charge in [-0.15, -0.1) is 0 Å². The van der Waals surface area contributed by atoms with Crippen LogP contribution in [0.5, 0.6) is 0 Å². The largest absolute Gasteiger partial charge is 0.259 e. The molecular formula is C8H5ClFN3. The first kappa shape index (κ1) is 8.19. The molecule has 66 valence electrons. The molecule has 0 bridgehead atoms. The molecule has 0 radical (unpaired) electrons. The van der Waals surface area contributed by atoms with Crippen molar-refractivity contribution in [1.82, 2.24) is 15.2 Å². The highest BCUT2D eigenvalue weighted by atomic mass is 35.5. The molecule has 0 fully saturated rings. The molecule has 1 aromatic carbocycles. The molecule has 5 heteroatoms. The van der Waals surface area contributed by atoms with Gasteiger partial charge in [-0.2, -0.15) is 5.10 Å². The van der Waals surface area contributed by atoms with Gasteiger partial charge in [-0.25, -0.2) is 9.37 Å². The monoisotopic (exact) mass is 197 g/mol. The maximum atomic E-state index is 12.8. The predicted molar refractivity (Wildman–Crippen MR) is 46.8 cm³/mol. The minimum Gasteiger partial charge on any atom is -0.259 e. The molecule has 1 aromatic heterocycles. The van der Waals surface area contributed by atoms with Gasteiger partial charge >= 0.3 is 0 Å². The van der Waals surface area contributed by atoms with Crippen molar-refractivity contribution in [1.29, 1.82) is 0 Å². The van der Waals surface area contributed by atoms with Gasteiger partial charge in [0.1, 0.15) is 12.1 Å². The topological polar surface area (TPSA) is 41.6 Å². The molecule has 1 N–H and O–H groups in total. The quantitative estimate of drug-likeness (QED) is 0.762. The van der Waals surface area contributed by atoms with Gasteiger partial charge in [0.15, 0.2) is 5.82 Å². The summed E-state index contributed by atoms with van der Waals surface area (Å²) in [4.78, 5) is 3.91. The standard InChI is InChI=1S/C8H5ClFN3/c9-6-3-5(1-2-7(6)10)8-11-4-12-13-8/h1-4H,(H,11,12,13). The Morgan fingerprint density at radius 2 is 2.23 bits per heavy atom. The first-order valence-corrected chi connectivity index (χ1v) is 3.96. The van der Waals surface area contributed by atoms with Crippen molar-refractivity contribution >= 4 is 11.6 Å². The second-order valence-corrected chi connectivity index (χ2v) is 2.87. The van der Waals surface area contributed by atoms with E-state index in [2.05, 4.69) is 15.2 Å². The number of aromatic nitrogens is 3. The molecule has 3 nitrogen and oxygen atoms in total. The number of nitrogens with zero attached hydrogens (tertiary/aromatic N) is 2. The summed E-state index contributed by atoms with van der Waals surface area (Å²) in [6, 6.07) is 4.37. The van der Waals surface area contributed by atoms with Crippen molar-refractivity contribution in [3.05, 3.63) is 35.4 Å². The average Bonchev–Trinajstić information content (AvgIpc) is 2.62. The van der Waals surface area contributed by atoms with E-state index in [9.17, 15) is 4.39 Å². The van der Waals surface area contributed by atoms with Crippen LogP contribution in [0, 0.1) is 5.82 Å². The van der Waals surface area contributed by atoms with E-state index in [1.165, 1.54) is 18.5 Å². The summed E-state index contributed by atoms with van der Waals surface area (Å²) in [5, 5.41) is 6.41. The summed E-state index contributed by atoms with van der Waals surface area (Å²) in [6.07, 6.45) is 1.38. The van der Waals surface area contributed by atoms with Crippen LogP contribution in [0.2, 0.25) is 5.02 Å². The minimum absolute atomic E-state index is 0.0777. The number of hydrogen-bond donors (Lipinski definition) is 1. The second-order valence-electron chi connectivity index (χ2n) is 2.46. The third-order valence-corrected chi connectivity index (χ3v) is 1.90. The first-order valence-electron chi connectivity index (χ1n) is 3.58. The third kappa shape index (κ3) is 1.53. The van der Waals surface area contributed by atoms with E-state index in [0.29, 0.717) is 11.4 Å². The molecule has 0 atom stereocenters. The highest BCUT2D eigenvalue weighted by molar-refractivity contribution is 6.31. The maximum Gasteiger partial charge on any atom is 0.155 e. The normalized spacial score (nSPS) is 10.3. The number of hydrogen-bond acceptors (Lipinski definition) is 2. The molecule has 0 aliphatic carbocycles. The zero-order valence-electron chi connectivity index (χ0n) is 6.46. The zero-order chi connectivity index (χ0) is 9.26. The van der Waals surface area contributed by atoms with E-state index < -0.39 is 5.82 Å². The smallest absolute Gasteiger partial charge is 0.155 e. The van der Waals surface area contributed by atoms with Crippen molar-refractivity contribution in [2.75, 3.05) is 0 Å². The summed E-state index contributed by atoms with van der Waals surface area (Å²) in [7, 11) is 0. The van der Waals surface area contributed by atoms with E-state index in [4.69, 9.17) is 11.6 Å². The highest BCUT2D eigenvalue weighted by Crippen LogP contribution is 2.21. The van der Waals surface area contributed by atoms with Crippen LogP contribution in [0.3, 0.4) is 0 Å². The molecule has 0 spiro atoms. The van der Waals surface area contributed by atoms with Gasteiger partial charge in [0.25, 0.3) is 0 Å². The highest BCUT2D eigenvalue weighted by Gasteiger charge is 2.04. The maximum absolute atomic E-state index is 12.8. The van der Waals surface area contributed by atoms with E-state index in [-0.39, 0.29) is 5.02 Å². The Kier molecular flexibility index (Phi) is 1.98. The zero-order valence-corrected chi connectivity index (χ0v) is 7.22. The molecule has 0 saturated heterocycles. The van der Waals surface area contributed by atoms with Crippen LogP contribution in [-0.4, -0.2) is 15.2 Å². The molecule has 0 aliphatic rings. The van der Waals surface area contributed by atoms with E-state index >= 15 is 0 Å². The van der Waals surface area contributed by atoms with E-state index in [1.807, 2.05) is 0 Å². The van der Waals surface area contributed by atoms with Crippen LogP contribution in [0.1, 0.15) is 0 Å². The van der Waals surface area contributed by atoms with Crippen molar-refractivity contribution in [3.8, 4) is 11.4 Å². The lowest BCUT2D eigenvalue weighted by atomic mass is 10.2. The van der Waals surface area contributed by atoms with Gasteiger partial charge in [-0.3, -0.25) is 5.10 Å². The Hall–Kier alpha value is -1.42. The van der Waals surface area contributed by atoms with Gasteiger partial charge < -0.3 is 0 Å². The van der Waals surface area contributed by atoms with E-state index in [1.54, 1.807) is 6.07 Å². The number of benzene rings is 1. The summed E-state index contributed by atoms with van der Waals surface area (Å²) in [5.41, 5.74) is 0.712. The van der Waals surface area contributed by atoms with Gasteiger partial charge in [0.05, 0.1) is 5.02 Å². The lowest BCUT2D eigenvalue weighted by molar-refractivity contribution is 0.628. The van der Waals surface area contributed by atoms with Crippen LogP contribution in [-0.2, 0) is 0 Å². The van der Waals surface area contributed by atoms with Crippen molar-refractivity contribution in [2.24, 2.45) is 0 Å². The summed E-state index contributed by atoms with van der Waals surface area (Å²) >= 11 is 5.59. The van der Waals surface area contributed by atoms with Gasteiger partial charge in [-0.05, 0) is 18.2 Å². The molecule has 2 aromatic rings. The number of halogens is 2. The molecule has 0 unspecified atom stereocenters. The van der Waals surface area contributed by atoms with Crippen LogP contribution in [0.15, 0.2) is 24.5 Å². The van der Waals surface area contributed by atoms with Gasteiger partial charge in [0.2, 0.25) is 0 Å². The average molecular weight is 198 g/mol. The van der Waals surface area contributed by atoms with Crippen molar-refractivity contribution in [3.63, 3.8) is 0 Å². The van der Waals surface area contributed by atoms with E-state index in [0.717, 1.165) is 0 Å². The fraction of sp³-hybridized carbons (Fsp3) is 0. The Morgan fingerprint density at radius 3 is 2.85 bits per heavy atom. The van der Waals surface area contributed by atoms with Crippen molar-refractivity contribution < 1.29 is 4.39 Å². The number of aromatic amines is 1. The fourth-order valence-corrected chi connectivity index (χ4v) is 1.17. The first-order chi connectivity index (χ1) is 6.27. The lowest BCUT2D eigenvalue weighted by Crippen LogP contribution is -1.83. The number of H-pyrrole nitrogens is 1. The number of nitrogens with one attached hydrogen (secondary N) is 1. The van der Waals surface area contributed by atoms with Crippen LogP contribution in [0.25, 0.3) is 11.4 Å². The molecule has 13 heavy (non-hydrogen) atoms. The molecule has 1 heterocycles. The summed E-state index contributed by atoms with van der Waals surface area (Å²) in [5.74, 6) is 0.131. The van der Waals surface area contributed by atoms with Crippen LogP contribution >= 0.6 is 11.6 Å². The van der Waals surface area contributed by atoms with Gasteiger partial charge in [-0.1, -0.05) is 11.6 Å². The minimum atomic E-state index is -0.440. The number of rotatable bonds is 1. The second kappa shape index (κ2) is 3.14. The van der Waals surface area contributed by atoms with Crippen molar-refractivity contribution in [2.45, 2.75) is 0 Å². The Labute approximate surface area is 78.6 Å². The Bertz CT molecular complexity index is 413. The predicted octanol–water partition coefficient (Wildman–Crippen LogP) is 2.26. The van der Waals surface area contributed by atoms with Crippen LogP contribution in [0.4, 0.5) is 4.39 Å². The van der Waals surface area contributed by atoms with Gasteiger partial charge in [0, 0.05) is 5.56 Å². The summed E-state index contributed by atoms with van der Waals surface area (Å²) in [6.45, 7) is 0. The molecule has 0 aliphatic heterocycles. The SMILES string of the molecule is Fc1ccc(-c2ncn[nH]2)cc1Cl. The Morgan fingerprint density at radius 1 is 1.38 bits per heavy atom.